The number of benzene rings is 1. The Bertz CT molecular complexity index is 2780. The molecule has 4 fully saturated rings. The zero-order valence-electron chi connectivity index (χ0n) is 55.8. The Morgan fingerprint density at radius 1 is 0.670 bits per heavy atom. The average molecular weight is 1310 g/mol. The van der Waals surface area contributed by atoms with Gasteiger partial charge in [0.05, 0.1) is 30.2 Å². The van der Waals surface area contributed by atoms with Crippen LogP contribution in [0.4, 0.5) is 13.2 Å². The maximum absolute atomic E-state index is 15.0. The van der Waals surface area contributed by atoms with E-state index in [0.717, 1.165) is 49.1 Å². The van der Waals surface area contributed by atoms with Crippen LogP contribution in [-0.2, 0) is 65.3 Å². The molecule has 2 aliphatic carbocycles. The maximum Gasteiger partial charge on any atom is 0.417 e. The van der Waals surface area contributed by atoms with Crippen molar-refractivity contribution in [3.8, 4) is 0 Å². The summed E-state index contributed by atoms with van der Waals surface area (Å²) in [7, 11) is 7.20. The zero-order valence-corrected chi connectivity index (χ0v) is 56.5. The summed E-state index contributed by atoms with van der Waals surface area (Å²) in [5.74, 6) is -7.73. The van der Waals surface area contributed by atoms with Crippen LogP contribution in [0.15, 0.2) is 18.2 Å². The predicted octanol–water partition coefficient (Wildman–Crippen LogP) is 5.55. The standard InChI is InChI=1S/C65H101ClF3N11O11/c1-14-41(7)55-62(90)75(10)37-54(84)79(15-2)38-53(83)77(12)50(35-43-22-17-16-18-23-43)61(89)74(9)36-51(81)71-47(28-26-44-25-27-45(46(66)34-44)65(67,68)69)60(88)80-31-21-24-48(80)58(86)73-64(29-19-20-30-64)63(91)78(13)56(40(5)6)59(87)70-42(8)33-52(82)76(11)49(32-39(3)4)57(85)72-55/h25,27,34,39-43,47-50,55-56H,14-24,26,28-33,35-38H2,1-13H3,(H,70,87)(H,71,81)(H,72,85)(H,73,86)/t41-,42+,47-,48-,49-,50-,55-,56-/m0/s1. The number of hydrogen-bond acceptors (Lipinski definition) is 11. The van der Waals surface area contributed by atoms with Crippen molar-refractivity contribution >= 4 is 76.6 Å². The van der Waals surface area contributed by atoms with Gasteiger partial charge in [0.1, 0.15) is 41.8 Å². The summed E-state index contributed by atoms with van der Waals surface area (Å²) in [6.07, 6.45) is 2.07. The van der Waals surface area contributed by atoms with Gasteiger partial charge in [0.2, 0.25) is 65.0 Å². The maximum atomic E-state index is 15.0. The van der Waals surface area contributed by atoms with E-state index in [0.29, 0.717) is 31.2 Å². The van der Waals surface area contributed by atoms with Crippen molar-refractivity contribution < 1.29 is 65.9 Å². The number of carbonyl (C=O) groups is 11. The van der Waals surface area contributed by atoms with Gasteiger partial charge in [-0.25, -0.2) is 0 Å². The molecular weight excluding hydrogens is 1200 g/mol. The van der Waals surface area contributed by atoms with Crippen LogP contribution in [0.3, 0.4) is 0 Å². The summed E-state index contributed by atoms with van der Waals surface area (Å²) in [4.78, 5) is 169. The molecule has 1 aromatic rings. The number of nitrogens with zero attached hydrogens (tertiary/aromatic N) is 7. The van der Waals surface area contributed by atoms with Gasteiger partial charge in [-0.1, -0.05) is 111 Å². The van der Waals surface area contributed by atoms with Crippen LogP contribution in [0.25, 0.3) is 0 Å². The smallest absolute Gasteiger partial charge is 0.351 e. The monoisotopic (exact) mass is 1300 g/mol. The third-order valence-electron chi connectivity index (χ3n) is 18.9. The van der Waals surface area contributed by atoms with Crippen molar-refractivity contribution in [1.29, 1.82) is 0 Å². The minimum absolute atomic E-state index is 0.0334. The molecule has 0 bridgehead atoms. The van der Waals surface area contributed by atoms with Crippen LogP contribution in [0.2, 0.25) is 5.02 Å². The highest BCUT2D eigenvalue weighted by Crippen LogP contribution is 2.37. The van der Waals surface area contributed by atoms with E-state index < -0.39 is 161 Å². The van der Waals surface area contributed by atoms with Gasteiger partial charge in [0.15, 0.2) is 0 Å². The minimum Gasteiger partial charge on any atom is -0.351 e. The number of halogens is 4. The first-order valence-electron chi connectivity index (χ1n) is 32.6. The molecule has 0 unspecified atom stereocenters. The Morgan fingerprint density at radius 3 is 1.88 bits per heavy atom. The first-order chi connectivity index (χ1) is 42.7. The fourth-order valence-electron chi connectivity index (χ4n) is 13.3. The van der Waals surface area contributed by atoms with E-state index in [1.54, 1.807) is 34.6 Å². The van der Waals surface area contributed by atoms with Crippen LogP contribution in [0.1, 0.15) is 169 Å². The number of rotatable bonds is 11. The largest absolute Gasteiger partial charge is 0.417 e. The molecule has 26 heteroatoms. The first kappa shape index (κ1) is 75.2. The van der Waals surface area contributed by atoms with Crippen molar-refractivity contribution in [3.63, 3.8) is 0 Å². The molecule has 2 saturated heterocycles. The lowest BCUT2D eigenvalue weighted by Crippen LogP contribution is -2.64. The predicted molar refractivity (Wildman–Crippen MR) is 337 cm³/mol. The normalized spacial score (nSPS) is 26.2. The van der Waals surface area contributed by atoms with Gasteiger partial charge in [-0.05, 0) is 107 Å². The van der Waals surface area contributed by atoms with Crippen molar-refractivity contribution in [3.05, 3.63) is 34.3 Å². The molecule has 22 nitrogen and oxygen atoms in total. The van der Waals surface area contributed by atoms with Gasteiger partial charge in [-0.3, -0.25) is 52.7 Å². The Kier molecular flexibility index (Phi) is 27.6. The Hall–Kier alpha value is -6.53. The summed E-state index contributed by atoms with van der Waals surface area (Å²) in [5.41, 5.74) is -2.25. The van der Waals surface area contributed by atoms with Crippen molar-refractivity contribution in [2.24, 2.45) is 23.7 Å². The molecule has 4 aliphatic rings. The van der Waals surface area contributed by atoms with Gasteiger partial charge in [0.25, 0.3) is 0 Å². The van der Waals surface area contributed by atoms with Crippen LogP contribution in [0.5, 0.6) is 0 Å². The van der Waals surface area contributed by atoms with Gasteiger partial charge in [-0.2, -0.15) is 13.2 Å². The number of fused-ring (bicyclic) bond motifs is 1. The number of alkyl halides is 3. The zero-order chi connectivity index (χ0) is 68.0. The van der Waals surface area contributed by atoms with E-state index in [4.69, 9.17) is 11.6 Å². The summed E-state index contributed by atoms with van der Waals surface area (Å²) in [6.45, 7) is 12.7. The van der Waals surface area contributed by atoms with E-state index in [9.17, 15) is 61.1 Å². The van der Waals surface area contributed by atoms with Gasteiger partial charge in [-0.15, -0.1) is 0 Å². The molecule has 11 amide bonds. The molecule has 4 N–H and O–H groups in total. The highest BCUT2D eigenvalue weighted by molar-refractivity contribution is 6.31. The number of aryl methyl sites for hydroxylation is 1. The first-order valence-corrected chi connectivity index (χ1v) is 33.0. The van der Waals surface area contributed by atoms with E-state index in [-0.39, 0.29) is 76.3 Å². The molecule has 2 aliphatic heterocycles. The lowest BCUT2D eigenvalue weighted by Gasteiger charge is -2.39. The molecular formula is C65H101ClF3N11O11. The number of likely N-dealkylation sites (N-methyl/N-ethyl adjacent to an activating group) is 6. The molecule has 1 aromatic carbocycles. The van der Waals surface area contributed by atoms with E-state index >= 15 is 4.79 Å². The molecule has 2 saturated carbocycles. The molecule has 5 rings (SSSR count). The molecule has 2 heterocycles. The van der Waals surface area contributed by atoms with Crippen LogP contribution >= 0.6 is 11.6 Å². The van der Waals surface area contributed by atoms with Gasteiger partial charge in [0, 0.05) is 60.8 Å². The van der Waals surface area contributed by atoms with Crippen molar-refractivity contribution in [2.75, 3.05) is 68.0 Å². The van der Waals surface area contributed by atoms with Crippen LogP contribution in [-0.4, -0.2) is 215 Å². The molecule has 91 heavy (non-hydrogen) atoms. The number of hydrogen-bond donors (Lipinski definition) is 4. The summed E-state index contributed by atoms with van der Waals surface area (Å²) < 4.78 is 41.3. The molecule has 8 atom stereocenters. The molecule has 1 spiro atoms. The molecule has 0 radical (unpaired) electrons. The molecule has 510 valence electrons. The third kappa shape index (κ3) is 19.8. The second-order valence-corrected chi connectivity index (χ2v) is 27.1. The Labute approximate surface area is 540 Å². The second kappa shape index (κ2) is 33.4. The SMILES string of the molecule is CC[C@H](C)[C@@H]1NC(=O)[C@H](CC(C)C)N(C)C(=O)C[C@@H](C)NC(=O)[C@H](C(C)C)N(C)C(=O)C2(CCCC2)NC(=O)[C@@H]2CCCN2C(=O)[C@H](CCc2ccc(C(F)(F)F)c(Cl)c2)NC(=O)CN(C)C(=O)[C@H](CC2CCCCC2)N(C)C(=O)CN(CC)C(=O)CN(C)C1=O. The van der Waals surface area contributed by atoms with Gasteiger partial charge < -0.3 is 55.6 Å². The van der Waals surface area contributed by atoms with Gasteiger partial charge >= 0.3 is 6.18 Å². The second-order valence-electron chi connectivity index (χ2n) is 26.7. The van der Waals surface area contributed by atoms with E-state index in [1.165, 1.54) is 70.7 Å². The van der Waals surface area contributed by atoms with E-state index in [2.05, 4.69) is 21.3 Å². The quantitative estimate of drug-likeness (QED) is 0.213. The van der Waals surface area contributed by atoms with E-state index in [1.807, 2.05) is 20.8 Å². The van der Waals surface area contributed by atoms with Crippen molar-refractivity contribution in [1.82, 2.24) is 55.6 Å². The lowest BCUT2D eigenvalue weighted by atomic mass is 9.84. The number of nitrogens with one attached hydrogen (secondary N) is 4. The topological polar surface area (TPSA) is 259 Å². The highest BCUT2D eigenvalue weighted by atomic mass is 35.5. The fraction of sp³-hybridized carbons (Fsp3) is 0.738. The summed E-state index contributed by atoms with van der Waals surface area (Å²) in [6, 6.07) is -4.58. The Balaban J connectivity index is 1.55. The number of amides is 11. The molecule has 0 aromatic heterocycles. The lowest BCUT2D eigenvalue weighted by molar-refractivity contribution is -0.150. The summed E-state index contributed by atoms with van der Waals surface area (Å²) >= 11 is 6.12. The van der Waals surface area contributed by atoms with Crippen LogP contribution < -0.4 is 21.3 Å². The average Bonchev–Trinajstić information content (AvgIpc) is 1.95. The number of carbonyl (C=O) groups excluding carboxylic acids is 11. The summed E-state index contributed by atoms with van der Waals surface area (Å²) in [5, 5.41) is 11.0. The highest BCUT2D eigenvalue weighted by Gasteiger charge is 2.50. The fourth-order valence-corrected chi connectivity index (χ4v) is 13.6. The van der Waals surface area contributed by atoms with Crippen LogP contribution in [0, 0.1) is 23.7 Å². The minimum atomic E-state index is -4.74. The third-order valence-corrected chi connectivity index (χ3v) is 19.2. The Morgan fingerprint density at radius 2 is 1.30 bits per heavy atom. The van der Waals surface area contributed by atoms with Crippen molar-refractivity contribution in [2.45, 2.75) is 219 Å².